The molecule has 10 heteroatoms. The van der Waals surface area contributed by atoms with Crippen molar-refractivity contribution in [2.24, 2.45) is 0 Å². The summed E-state index contributed by atoms with van der Waals surface area (Å²) in [5.41, 5.74) is 0.954. The van der Waals surface area contributed by atoms with Crippen molar-refractivity contribution in [3.8, 4) is 5.75 Å². The molecule has 2 aliphatic rings. The molecule has 2 heterocycles. The number of hydrogen-bond donors (Lipinski definition) is 6. The topological polar surface area (TPSA) is 158 Å². The molecule has 3 rings (SSSR count). The Kier molecular flexibility index (Phi) is 7.80. The van der Waals surface area contributed by atoms with Crippen LogP contribution in [0, 0.1) is 0 Å². The summed E-state index contributed by atoms with van der Waals surface area (Å²) in [6.07, 6.45) is -8.16. The predicted molar refractivity (Wildman–Crippen MR) is 102 cm³/mol. The van der Waals surface area contributed by atoms with Gasteiger partial charge in [0.15, 0.2) is 6.29 Å². The summed E-state index contributed by atoms with van der Waals surface area (Å²) in [7, 11) is 0. The van der Waals surface area contributed by atoms with Gasteiger partial charge in [-0.05, 0) is 24.6 Å². The van der Waals surface area contributed by atoms with Crippen LogP contribution in [0.5, 0.6) is 5.75 Å². The standard InChI is InChI=1S/C20H28O10/c1-2-3-10-4-6-11(7-5-10)28-20-18(26)16(24)15(23)13(30-20)9-27-19-17(25)14(22)12(8-21)29-19/h2-7,12-26H,8-9H2,1H3/t12-,13+,14-,15+,16-,17+,18+,19+,20+/m0/s1. The quantitative estimate of drug-likeness (QED) is 0.298. The van der Waals surface area contributed by atoms with Crippen LogP contribution >= 0.6 is 0 Å². The number of hydrogen-bond acceptors (Lipinski definition) is 10. The molecule has 168 valence electrons. The molecular formula is C20H28O10. The van der Waals surface area contributed by atoms with Crippen LogP contribution in [0.4, 0.5) is 0 Å². The smallest absolute Gasteiger partial charge is 0.229 e. The lowest BCUT2D eigenvalue weighted by Gasteiger charge is -2.40. The maximum atomic E-state index is 10.2. The molecule has 0 radical (unpaired) electrons. The van der Waals surface area contributed by atoms with Crippen molar-refractivity contribution in [2.45, 2.75) is 62.2 Å². The van der Waals surface area contributed by atoms with Crippen molar-refractivity contribution < 1.29 is 49.6 Å². The fraction of sp³-hybridized carbons (Fsp3) is 0.600. The van der Waals surface area contributed by atoms with Crippen molar-refractivity contribution >= 4 is 6.08 Å². The van der Waals surface area contributed by atoms with Crippen molar-refractivity contribution in [3.05, 3.63) is 35.9 Å². The Balaban J connectivity index is 1.61. The fourth-order valence-corrected chi connectivity index (χ4v) is 3.33. The van der Waals surface area contributed by atoms with Crippen LogP contribution in [0.2, 0.25) is 0 Å². The number of aliphatic hydroxyl groups excluding tert-OH is 6. The third-order valence-electron chi connectivity index (χ3n) is 5.08. The molecule has 2 fully saturated rings. The van der Waals surface area contributed by atoms with Crippen LogP contribution in [0.25, 0.3) is 6.08 Å². The van der Waals surface area contributed by atoms with Gasteiger partial charge < -0.3 is 49.6 Å². The molecule has 0 aromatic heterocycles. The zero-order valence-corrected chi connectivity index (χ0v) is 16.4. The maximum Gasteiger partial charge on any atom is 0.229 e. The first-order valence-corrected chi connectivity index (χ1v) is 9.68. The van der Waals surface area contributed by atoms with E-state index in [1.807, 2.05) is 19.1 Å². The first-order chi connectivity index (χ1) is 14.3. The van der Waals surface area contributed by atoms with E-state index in [2.05, 4.69) is 0 Å². The average molecular weight is 428 g/mol. The van der Waals surface area contributed by atoms with E-state index in [1.165, 1.54) is 0 Å². The summed E-state index contributed by atoms with van der Waals surface area (Å²) in [4.78, 5) is 0. The second kappa shape index (κ2) is 10.1. The summed E-state index contributed by atoms with van der Waals surface area (Å²) < 4.78 is 21.8. The van der Waals surface area contributed by atoms with E-state index in [0.29, 0.717) is 5.75 Å². The molecular weight excluding hydrogens is 400 g/mol. The van der Waals surface area contributed by atoms with Gasteiger partial charge in [0.1, 0.15) is 48.5 Å². The minimum Gasteiger partial charge on any atom is -0.462 e. The maximum absolute atomic E-state index is 10.2. The highest BCUT2D eigenvalue weighted by molar-refractivity contribution is 5.50. The monoisotopic (exact) mass is 428 g/mol. The van der Waals surface area contributed by atoms with Crippen LogP contribution in [-0.4, -0.2) is 99.2 Å². The fourth-order valence-electron chi connectivity index (χ4n) is 3.33. The molecule has 6 N–H and O–H groups in total. The van der Waals surface area contributed by atoms with E-state index < -0.39 is 61.9 Å². The van der Waals surface area contributed by atoms with Gasteiger partial charge in [-0.3, -0.25) is 0 Å². The number of aliphatic hydroxyl groups is 6. The van der Waals surface area contributed by atoms with Crippen LogP contribution in [0.1, 0.15) is 12.5 Å². The third-order valence-corrected chi connectivity index (χ3v) is 5.08. The molecule has 1 aromatic carbocycles. The SMILES string of the molecule is CC=Cc1ccc(O[C@@H]2O[C@H](CO[C@@H]3O[C@@H](CO)[C@H](O)[C@H]3O)[C@@H](O)[C@H](O)[C@H]2O)cc1. The van der Waals surface area contributed by atoms with Crippen LogP contribution in [0.3, 0.4) is 0 Å². The molecule has 0 spiro atoms. The molecule has 30 heavy (non-hydrogen) atoms. The molecule has 1 aromatic rings. The highest BCUT2D eigenvalue weighted by Crippen LogP contribution is 2.27. The van der Waals surface area contributed by atoms with Gasteiger partial charge in [0, 0.05) is 0 Å². The Morgan fingerprint density at radius 1 is 0.833 bits per heavy atom. The first kappa shape index (κ1) is 23.1. The Morgan fingerprint density at radius 2 is 1.43 bits per heavy atom. The van der Waals surface area contributed by atoms with Crippen LogP contribution in [-0.2, 0) is 14.2 Å². The van der Waals surface area contributed by atoms with Crippen LogP contribution in [0.15, 0.2) is 30.3 Å². The largest absolute Gasteiger partial charge is 0.462 e. The van der Waals surface area contributed by atoms with Crippen molar-refractivity contribution in [1.29, 1.82) is 0 Å². The average Bonchev–Trinajstić information content (AvgIpc) is 3.02. The van der Waals surface area contributed by atoms with Crippen LogP contribution < -0.4 is 4.74 Å². The van der Waals surface area contributed by atoms with E-state index in [4.69, 9.17) is 24.1 Å². The van der Waals surface area contributed by atoms with E-state index in [0.717, 1.165) is 5.56 Å². The lowest BCUT2D eigenvalue weighted by atomic mass is 9.99. The van der Waals surface area contributed by atoms with E-state index in [1.54, 1.807) is 24.3 Å². The van der Waals surface area contributed by atoms with Gasteiger partial charge in [0.2, 0.25) is 6.29 Å². The van der Waals surface area contributed by atoms with E-state index in [9.17, 15) is 25.5 Å². The summed E-state index contributed by atoms with van der Waals surface area (Å²) in [5.74, 6) is 0.388. The van der Waals surface area contributed by atoms with Gasteiger partial charge in [0.05, 0.1) is 13.2 Å². The van der Waals surface area contributed by atoms with E-state index in [-0.39, 0.29) is 6.61 Å². The lowest BCUT2D eigenvalue weighted by molar-refractivity contribution is -0.290. The normalized spacial score (nSPS) is 39.5. The number of allylic oxidation sites excluding steroid dienone is 1. The zero-order chi connectivity index (χ0) is 21.8. The summed E-state index contributed by atoms with van der Waals surface area (Å²) in [6.45, 7) is 1.05. The molecule has 0 saturated carbocycles. The summed E-state index contributed by atoms with van der Waals surface area (Å²) >= 11 is 0. The van der Waals surface area contributed by atoms with Gasteiger partial charge >= 0.3 is 0 Å². The second-order valence-corrected chi connectivity index (χ2v) is 7.24. The third kappa shape index (κ3) is 4.99. The summed E-state index contributed by atoms with van der Waals surface area (Å²) in [6, 6.07) is 6.96. The van der Waals surface area contributed by atoms with Gasteiger partial charge in [0.25, 0.3) is 0 Å². The Hall–Kier alpha value is -1.60. The Bertz CT molecular complexity index is 695. The zero-order valence-electron chi connectivity index (χ0n) is 16.4. The minimum atomic E-state index is -1.56. The minimum absolute atomic E-state index is 0.336. The summed E-state index contributed by atoms with van der Waals surface area (Å²) in [5, 5.41) is 59.4. The molecule has 0 amide bonds. The van der Waals surface area contributed by atoms with E-state index >= 15 is 0 Å². The van der Waals surface area contributed by atoms with Gasteiger partial charge in [-0.2, -0.15) is 0 Å². The Morgan fingerprint density at radius 3 is 2.03 bits per heavy atom. The molecule has 0 bridgehead atoms. The first-order valence-electron chi connectivity index (χ1n) is 9.68. The van der Waals surface area contributed by atoms with Crippen molar-refractivity contribution in [1.82, 2.24) is 0 Å². The molecule has 2 aliphatic heterocycles. The Labute approximate surface area is 173 Å². The van der Waals surface area contributed by atoms with Gasteiger partial charge in [-0.15, -0.1) is 0 Å². The number of benzene rings is 1. The number of rotatable bonds is 7. The molecule has 0 unspecified atom stereocenters. The number of ether oxygens (including phenoxy) is 4. The van der Waals surface area contributed by atoms with Crippen molar-refractivity contribution in [2.75, 3.05) is 13.2 Å². The molecule has 2 saturated heterocycles. The predicted octanol–water partition coefficient (Wildman–Crippen LogP) is -1.64. The molecule has 9 atom stereocenters. The molecule has 0 aliphatic carbocycles. The van der Waals surface area contributed by atoms with Crippen molar-refractivity contribution in [3.63, 3.8) is 0 Å². The highest BCUT2D eigenvalue weighted by Gasteiger charge is 2.47. The lowest BCUT2D eigenvalue weighted by Crippen LogP contribution is -2.60. The second-order valence-electron chi connectivity index (χ2n) is 7.24. The highest BCUT2D eigenvalue weighted by atomic mass is 16.7. The van der Waals surface area contributed by atoms with Gasteiger partial charge in [-0.25, -0.2) is 0 Å². The molecule has 10 nitrogen and oxygen atoms in total. The van der Waals surface area contributed by atoms with Gasteiger partial charge in [-0.1, -0.05) is 24.3 Å².